The van der Waals surface area contributed by atoms with Gasteiger partial charge in [-0.05, 0) is 35.4 Å². The van der Waals surface area contributed by atoms with Crippen LogP contribution >= 0.6 is 11.7 Å². The first kappa shape index (κ1) is 21.3. The van der Waals surface area contributed by atoms with Crippen molar-refractivity contribution in [2.75, 3.05) is 7.11 Å². The molecule has 1 N–H and O–H groups in total. The van der Waals surface area contributed by atoms with Crippen LogP contribution in [0.25, 0.3) is 16.6 Å². The van der Waals surface area contributed by atoms with E-state index in [0.29, 0.717) is 27.7 Å². The zero-order chi connectivity index (χ0) is 22.7. The Bertz CT molecular complexity index is 1350. The van der Waals surface area contributed by atoms with Crippen molar-refractivity contribution in [3.8, 4) is 5.75 Å². The maximum atomic E-state index is 14.3. The Labute approximate surface area is 186 Å². The zero-order valence-electron chi connectivity index (χ0n) is 16.9. The van der Waals surface area contributed by atoms with Gasteiger partial charge in [0.2, 0.25) is 0 Å². The van der Waals surface area contributed by atoms with Gasteiger partial charge in [0.05, 0.1) is 24.4 Å². The molecule has 4 rings (SSSR count). The second-order valence-electron chi connectivity index (χ2n) is 6.97. The van der Waals surface area contributed by atoms with Crippen molar-refractivity contribution in [3.05, 3.63) is 94.8 Å². The minimum Gasteiger partial charge on any atom is -0.494 e. The highest BCUT2D eigenvalue weighted by atomic mass is 32.1. The number of hydrogen-bond acceptors (Lipinski definition) is 6. The molecule has 0 fully saturated rings. The number of benzene rings is 3. The number of allylic oxidation sites excluding steroid dienone is 1. The van der Waals surface area contributed by atoms with Crippen molar-refractivity contribution in [3.63, 3.8) is 0 Å². The van der Waals surface area contributed by atoms with Crippen LogP contribution in [0.3, 0.4) is 0 Å². The molecule has 0 bridgehead atoms. The van der Waals surface area contributed by atoms with Gasteiger partial charge in [0, 0.05) is 17.6 Å². The number of fused-ring (bicyclic) bond motifs is 1. The highest BCUT2D eigenvalue weighted by Gasteiger charge is 2.24. The first-order valence-corrected chi connectivity index (χ1v) is 10.3. The Morgan fingerprint density at radius 3 is 2.41 bits per heavy atom. The predicted molar refractivity (Wildman–Crippen MR) is 119 cm³/mol. The summed E-state index contributed by atoms with van der Waals surface area (Å²) in [6, 6.07) is 17.5. The molecule has 0 radical (unpaired) electrons. The second kappa shape index (κ2) is 9.07. The molecule has 1 heterocycles. The summed E-state index contributed by atoms with van der Waals surface area (Å²) in [6.07, 6.45) is -0.0797. The van der Waals surface area contributed by atoms with Gasteiger partial charge in [-0.2, -0.15) is 8.75 Å². The van der Waals surface area contributed by atoms with Crippen LogP contribution < -0.4 is 4.74 Å². The Morgan fingerprint density at radius 2 is 1.72 bits per heavy atom. The van der Waals surface area contributed by atoms with Crippen molar-refractivity contribution < 1.29 is 23.8 Å². The summed E-state index contributed by atoms with van der Waals surface area (Å²) in [5, 5.41) is 10.1. The normalized spacial score (nSPS) is 11.8. The van der Waals surface area contributed by atoms with Crippen LogP contribution in [0.1, 0.15) is 21.5 Å². The summed E-state index contributed by atoms with van der Waals surface area (Å²) in [5.41, 5.74) is 2.15. The average Bonchev–Trinajstić information content (AvgIpc) is 3.27. The Balaban J connectivity index is 1.90. The van der Waals surface area contributed by atoms with Crippen molar-refractivity contribution in [1.29, 1.82) is 0 Å². The molecule has 1 aromatic heterocycles. The van der Waals surface area contributed by atoms with Crippen molar-refractivity contribution in [2.24, 2.45) is 0 Å². The lowest BCUT2D eigenvalue weighted by Gasteiger charge is -2.14. The predicted octanol–water partition coefficient (Wildman–Crippen LogP) is 4.80. The number of nitrogens with zero attached hydrogens (tertiary/aromatic N) is 2. The number of aromatic nitrogens is 2. The molecule has 0 unspecified atom stereocenters. The van der Waals surface area contributed by atoms with E-state index >= 15 is 0 Å². The number of hydrogen-bond donors (Lipinski definition) is 1. The minimum atomic E-state index is -1.26. The SMILES string of the molecule is COc1ccc(C/C(C(=O)c2ccccc2)=C(\C(=O)O)c2ccc3nsnc3c2)cc1F. The lowest BCUT2D eigenvalue weighted by atomic mass is 9.89. The van der Waals surface area contributed by atoms with E-state index in [1.807, 2.05) is 0 Å². The number of Topliss-reactive ketones (excluding diaryl/α,β-unsaturated/α-hetero) is 1. The molecule has 0 spiro atoms. The first-order chi connectivity index (χ1) is 15.5. The molecule has 0 atom stereocenters. The number of carboxylic acids is 1. The molecule has 3 aromatic carbocycles. The summed E-state index contributed by atoms with van der Waals surface area (Å²) < 4.78 is 27.5. The lowest BCUT2D eigenvalue weighted by Crippen LogP contribution is -2.14. The van der Waals surface area contributed by atoms with Gasteiger partial charge in [0.1, 0.15) is 11.0 Å². The van der Waals surface area contributed by atoms with Crippen LogP contribution in [-0.4, -0.2) is 32.7 Å². The van der Waals surface area contributed by atoms with Crippen molar-refractivity contribution in [2.45, 2.75) is 6.42 Å². The van der Waals surface area contributed by atoms with E-state index in [9.17, 15) is 19.1 Å². The lowest BCUT2D eigenvalue weighted by molar-refractivity contribution is -0.130. The fourth-order valence-electron chi connectivity index (χ4n) is 3.43. The number of aliphatic carboxylic acids is 1. The van der Waals surface area contributed by atoms with E-state index in [1.165, 1.54) is 19.2 Å². The highest BCUT2D eigenvalue weighted by molar-refractivity contribution is 7.00. The van der Waals surface area contributed by atoms with E-state index in [2.05, 4.69) is 8.75 Å². The maximum absolute atomic E-state index is 14.3. The van der Waals surface area contributed by atoms with E-state index in [0.717, 1.165) is 11.7 Å². The van der Waals surface area contributed by atoms with E-state index in [4.69, 9.17) is 4.74 Å². The standard InChI is InChI=1S/C24H17FN2O4S/c1-31-21-10-7-14(12-18(21)25)11-17(23(28)15-5-3-2-4-6-15)22(24(29)30)16-8-9-19-20(13-16)27-32-26-19/h2-10,12-13H,11H2,1H3,(H,29,30)/b22-17+. The quantitative estimate of drug-likeness (QED) is 0.323. The number of carbonyl (C=O) groups is 2. The molecule has 0 aliphatic rings. The van der Waals surface area contributed by atoms with E-state index in [-0.39, 0.29) is 23.3 Å². The van der Waals surface area contributed by atoms with Crippen molar-refractivity contribution >= 4 is 40.1 Å². The van der Waals surface area contributed by atoms with Gasteiger partial charge in [-0.25, -0.2) is 9.18 Å². The summed E-state index contributed by atoms with van der Waals surface area (Å²) in [4.78, 5) is 25.8. The second-order valence-corrected chi connectivity index (χ2v) is 7.50. The fraction of sp³-hybridized carbons (Fsp3) is 0.0833. The molecule has 4 aromatic rings. The number of halogens is 1. The Kier molecular flexibility index (Phi) is 6.04. The minimum absolute atomic E-state index is 0.0378. The number of ketones is 1. The molecule has 160 valence electrons. The van der Waals surface area contributed by atoms with E-state index in [1.54, 1.807) is 54.6 Å². The molecule has 0 aliphatic carbocycles. The number of carbonyl (C=O) groups excluding carboxylic acids is 1. The van der Waals surface area contributed by atoms with Gasteiger partial charge in [-0.1, -0.05) is 42.5 Å². The molecule has 0 saturated carbocycles. The molecule has 0 aliphatic heterocycles. The fourth-order valence-corrected chi connectivity index (χ4v) is 3.95. The number of methoxy groups -OCH3 is 1. The number of rotatable bonds is 7. The third-order valence-corrected chi connectivity index (χ3v) is 5.52. The average molecular weight is 448 g/mol. The third kappa shape index (κ3) is 4.26. The molecule has 8 heteroatoms. The van der Waals surface area contributed by atoms with Crippen LogP contribution in [-0.2, 0) is 11.2 Å². The van der Waals surface area contributed by atoms with Gasteiger partial charge in [0.15, 0.2) is 17.3 Å². The van der Waals surface area contributed by atoms with Gasteiger partial charge in [-0.3, -0.25) is 4.79 Å². The third-order valence-electron chi connectivity index (χ3n) is 4.97. The van der Waals surface area contributed by atoms with Crippen molar-refractivity contribution in [1.82, 2.24) is 8.75 Å². The summed E-state index contributed by atoms with van der Waals surface area (Å²) in [6.45, 7) is 0. The Morgan fingerprint density at radius 1 is 0.969 bits per heavy atom. The van der Waals surface area contributed by atoms with Crippen LogP contribution in [0.2, 0.25) is 0 Å². The number of ether oxygens (including phenoxy) is 1. The van der Waals surface area contributed by atoms with Gasteiger partial charge >= 0.3 is 5.97 Å². The summed E-state index contributed by atoms with van der Waals surface area (Å²) in [5.74, 6) is -2.24. The molecule has 0 saturated heterocycles. The molecule has 32 heavy (non-hydrogen) atoms. The maximum Gasteiger partial charge on any atom is 0.336 e. The van der Waals surface area contributed by atoms with Gasteiger partial charge in [-0.15, -0.1) is 0 Å². The Hall–Kier alpha value is -3.91. The largest absolute Gasteiger partial charge is 0.494 e. The van der Waals surface area contributed by atoms with Crippen LogP contribution in [0.4, 0.5) is 4.39 Å². The summed E-state index contributed by atoms with van der Waals surface area (Å²) in [7, 11) is 1.36. The van der Waals surface area contributed by atoms with Crippen LogP contribution in [0, 0.1) is 5.82 Å². The van der Waals surface area contributed by atoms with Crippen LogP contribution in [0.5, 0.6) is 5.75 Å². The van der Waals surface area contributed by atoms with Crippen LogP contribution in [0.15, 0.2) is 72.3 Å². The highest BCUT2D eigenvalue weighted by Crippen LogP contribution is 2.29. The monoisotopic (exact) mass is 448 g/mol. The molecule has 6 nitrogen and oxygen atoms in total. The van der Waals surface area contributed by atoms with Gasteiger partial charge in [0.25, 0.3) is 0 Å². The summed E-state index contributed by atoms with van der Waals surface area (Å²) >= 11 is 1.02. The molecular weight excluding hydrogens is 431 g/mol. The number of carboxylic acid groups (broad SMARTS) is 1. The zero-order valence-corrected chi connectivity index (χ0v) is 17.7. The van der Waals surface area contributed by atoms with E-state index < -0.39 is 17.6 Å². The van der Waals surface area contributed by atoms with Gasteiger partial charge < -0.3 is 9.84 Å². The first-order valence-electron chi connectivity index (χ1n) is 9.59. The topological polar surface area (TPSA) is 89.4 Å². The molecular formula is C24H17FN2O4S. The smallest absolute Gasteiger partial charge is 0.336 e. The molecule has 0 amide bonds.